The van der Waals surface area contributed by atoms with Gasteiger partial charge in [-0.1, -0.05) is 11.6 Å². The highest BCUT2D eigenvalue weighted by atomic mass is 35.5. The van der Waals surface area contributed by atoms with Gasteiger partial charge in [-0.3, -0.25) is 0 Å². The SMILES string of the molecule is Nn1nccc1Cl. The minimum absolute atomic E-state index is 0.444. The number of hydrogen-bond acceptors (Lipinski definition) is 2. The molecule has 0 aromatic carbocycles. The molecule has 0 atom stereocenters. The molecule has 0 fully saturated rings. The first-order chi connectivity index (χ1) is 3.30. The summed E-state index contributed by atoms with van der Waals surface area (Å²) < 4.78 is 0. The zero-order valence-corrected chi connectivity index (χ0v) is 4.26. The second-order valence-electron chi connectivity index (χ2n) is 1.10. The molecule has 3 nitrogen and oxygen atoms in total. The molecule has 0 saturated carbocycles. The Morgan fingerprint density at radius 1 is 1.86 bits per heavy atom. The predicted octanol–water partition coefficient (Wildman–Crippen LogP) is 0.250. The maximum Gasteiger partial charge on any atom is 0.150 e. The maximum absolute atomic E-state index is 5.40. The van der Waals surface area contributed by atoms with Gasteiger partial charge in [0.1, 0.15) is 5.15 Å². The molecular formula is C3H4ClN3. The summed E-state index contributed by atoms with van der Waals surface area (Å²) in [6, 6.07) is 1.61. The van der Waals surface area contributed by atoms with Crippen molar-refractivity contribution in [3.63, 3.8) is 0 Å². The van der Waals surface area contributed by atoms with Gasteiger partial charge in [0.2, 0.25) is 0 Å². The molecule has 1 rings (SSSR count). The summed E-state index contributed by atoms with van der Waals surface area (Å²) in [5, 5.41) is 4.02. The van der Waals surface area contributed by atoms with Gasteiger partial charge in [-0.2, -0.15) is 9.89 Å². The van der Waals surface area contributed by atoms with Crippen LogP contribution in [0.2, 0.25) is 5.15 Å². The average molecular weight is 118 g/mol. The second-order valence-corrected chi connectivity index (χ2v) is 1.49. The molecule has 4 heteroatoms. The lowest BCUT2D eigenvalue weighted by molar-refractivity contribution is 0.833. The highest BCUT2D eigenvalue weighted by Gasteiger charge is 1.87. The predicted molar refractivity (Wildman–Crippen MR) is 27.4 cm³/mol. The van der Waals surface area contributed by atoms with Crippen molar-refractivity contribution in [1.82, 2.24) is 9.89 Å². The summed E-state index contributed by atoms with van der Waals surface area (Å²) >= 11 is 5.40. The molecule has 0 spiro atoms. The molecule has 1 heterocycles. The molecule has 0 saturated heterocycles. The van der Waals surface area contributed by atoms with E-state index < -0.39 is 0 Å². The van der Waals surface area contributed by atoms with E-state index >= 15 is 0 Å². The monoisotopic (exact) mass is 117 g/mol. The van der Waals surface area contributed by atoms with Crippen LogP contribution in [0.1, 0.15) is 0 Å². The lowest BCUT2D eigenvalue weighted by Crippen LogP contribution is -2.08. The molecule has 1 aromatic heterocycles. The van der Waals surface area contributed by atoms with Gasteiger partial charge in [0.25, 0.3) is 0 Å². The van der Waals surface area contributed by atoms with Gasteiger partial charge >= 0.3 is 0 Å². The number of aromatic nitrogens is 2. The van der Waals surface area contributed by atoms with Crippen LogP contribution in [0, 0.1) is 0 Å². The molecule has 0 aliphatic rings. The third kappa shape index (κ3) is 0.667. The lowest BCUT2D eigenvalue weighted by atomic mass is 10.8. The zero-order valence-electron chi connectivity index (χ0n) is 3.50. The van der Waals surface area contributed by atoms with E-state index in [1.165, 1.54) is 6.20 Å². The largest absolute Gasteiger partial charge is 0.322 e. The van der Waals surface area contributed by atoms with E-state index in [0.29, 0.717) is 5.15 Å². The summed E-state index contributed by atoms with van der Waals surface area (Å²) in [5.41, 5.74) is 0. The quantitative estimate of drug-likeness (QED) is 0.495. The molecule has 2 N–H and O–H groups in total. The summed E-state index contributed by atoms with van der Waals surface area (Å²) in [4.78, 5) is 1.10. The summed E-state index contributed by atoms with van der Waals surface area (Å²) in [7, 11) is 0. The first-order valence-electron chi connectivity index (χ1n) is 1.75. The molecule has 0 aliphatic carbocycles. The summed E-state index contributed by atoms with van der Waals surface area (Å²) in [6.45, 7) is 0. The van der Waals surface area contributed by atoms with Gasteiger partial charge in [-0.25, -0.2) is 0 Å². The Labute approximate surface area is 45.7 Å². The van der Waals surface area contributed by atoms with Crippen LogP contribution in [0.4, 0.5) is 0 Å². The number of nitrogens with zero attached hydrogens (tertiary/aromatic N) is 2. The van der Waals surface area contributed by atoms with Crippen LogP contribution >= 0.6 is 11.6 Å². The van der Waals surface area contributed by atoms with Gasteiger partial charge in [0.15, 0.2) is 0 Å². The topological polar surface area (TPSA) is 43.8 Å². The van der Waals surface area contributed by atoms with Crippen molar-refractivity contribution < 1.29 is 0 Å². The van der Waals surface area contributed by atoms with E-state index in [0.717, 1.165) is 4.79 Å². The minimum Gasteiger partial charge on any atom is -0.322 e. The fourth-order valence-electron chi connectivity index (χ4n) is 0.298. The lowest BCUT2D eigenvalue weighted by Gasteiger charge is -1.85. The number of rotatable bonds is 0. The van der Waals surface area contributed by atoms with Crippen LogP contribution in [0.5, 0.6) is 0 Å². The van der Waals surface area contributed by atoms with Gasteiger partial charge < -0.3 is 5.84 Å². The molecule has 0 unspecified atom stereocenters. The fourth-order valence-corrected chi connectivity index (χ4v) is 0.398. The van der Waals surface area contributed by atoms with E-state index in [1.807, 2.05) is 0 Å². The van der Waals surface area contributed by atoms with Gasteiger partial charge in [0, 0.05) is 0 Å². The minimum atomic E-state index is 0.444. The number of nitrogen functional groups attached to an aromatic ring is 1. The summed E-state index contributed by atoms with van der Waals surface area (Å²) in [6.07, 6.45) is 1.53. The van der Waals surface area contributed by atoms with Crippen molar-refractivity contribution in [2.45, 2.75) is 0 Å². The van der Waals surface area contributed by atoms with Crippen molar-refractivity contribution in [1.29, 1.82) is 0 Å². The third-order valence-electron chi connectivity index (χ3n) is 0.622. The van der Waals surface area contributed by atoms with Crippen LogP contribution in [-0.4, -0.2) is 9.89 Å². The molecule has 7 heavy (non-hydrogen) atoms. The van der Waals surface area contributed by atoms with E-state index in [-0.39, 0.29) is 0 Å². The Hall–Kier alpha value is -0.700. The Morgan fingerprint density at radius 3 is 2.71 bits per heavy atom. The molecular weight excluding hydrogens is 114 g/mol. The first kappa shape index (κ1) is 4.46. The zero-order chi connectivity index (χ0) is 5.28. The average Bonchev–Trinajstić information content (AvgIpc) is 1.91. The van der Waals surface area contributed by atoms with Crippen LogP contribution in [0.15, 0.2) is 12.3 Å². The van der Waals surface area contributed by atoms with Crippen LogP contribution in [0.3, 0.4) is 0 Å². The Morgan fingerprint density at radius 2 is 2.57 bits per heavy atom. The van der Waals surface area contributed by atoms with Gasteiger partial charge in [0.05, 0.1) is 6.20 Å². The molecule has 0 amide bonds. The fraction of sp³-hybridized carbons (Fsp3) is 0. The Bertz CT molecular complexity index is 142. The standard InChI is InChI=1S/C3H4ClN3/c4-3-1-2-6-7(3)5/h1-2H,5H2. The van der Waals surface area contributed by atoms with Gasteiger partial charge in [-0.05, 0) is 6.07 Å². The Kier molecular flexibility index (Phi) is 0.906. The molecule has 0 aliphatic heterocycles. The highest BCUT2D eigenvalue weighted by molar-refractivity contribution is 6.29. The van der Waals surface area contributed by atoms with Crippen LogP contribution in [-0.2, 0) is 0 Å². The van der Waals surface area contributed by atoms with Crippen molar-refractivity contribution >= 4 is 11.6 Å². The molecule has 38 valence electrons. The van der Waals surface area contributed by atoms with Crippen molar-refractivity contribution in [2.24, 2.45) is 0 Å². The van der Waals surface area contributed by atoms with Gasteiger partial charge in [-0.15, -0.1) is 0 Å². The van der Waals surface area contributed by atoms with E-state index in [4.69, 9.17) is 17.4 Å². The first-order valence-corrected chi connectivity index (χ1v) is 2.13. The van der Waals surface area contributed by atoms with Crippen molar-refractivity contribution in [3.05, 3.63) is 17.4 Å². The van der Waals surface area contributed by atoms with Crippen molar-refractivity contribution in [2.75, 3.05) is 5.84 Å². The molecule has 1 aromatic rings. The second kappa shape index (κ2) is 1.42. The van der Waals surface area contributed by atoms with Crippen LogP contribution in [0.25, 0.3) is 0 Å². The number of nitrogens with two attached hydrogens (primary N) is 1. The molecule has 0 bridgehead atoms. The van der Waals surface area contributed by atoms with Crippen molar-refractivity contribution in [3.8, 4) is 0 Å². The molecule has 0 radical (unpaired) electrons. The maximum atomic E-state index is 5.40. The van der Waals surface area contributed by atoms with Crippen LogP contribution < -0.4 is 5.84 Å². The van der Waals surface area contributed by atoms with E-state index in [9.17, 15) is 0 Å². The third-order valence-corrected chi connectivity index (χ3v) is 0.921. The number of hydrogen-bond donors (Lipinski definition) is 1. The number of halogens is 1. The van der Waals surface area contributed by atoms with E-state index in [2.05, 4.69) is 5.10 Å². The summed E-state index contributed by atoms with van der Waals surface area (Å²) in [5.74, 6) is 5.11. The van der Waals surface area contributed by atoms with E-state index in [1.54, 1.807) is 6.07 Å². The normalized spacial score (nSPS) is 9.29. The Balaban J connectivity index is 3.12. The highest BCUT2D eigenvalue weighted by Crippen LogP contribution is 1.99. The smallest absolute Gasteiger partial charge is 0.150 e.